The molecule has 9 nitrogen and oxygen atoms in total. The second-order valence-electron chi connectivity index (χ2n) is 11.5. The van der Waals surface area contributed by atoms with Gasteiger partial charge >= 0.3 is 12.1 Å². The molecule has 3 atom stereocenters. The first kappa shape index (κ1) is 26.9. The number of alkyl carbamates (subject to hydrolysis) is 1. The lowest BCUT2D eigenvalue weighted by atomic mass is 9.85. The summed E-state index contributed by atoms with van der Waals surface area (Å²) in [5.74, 6) is -1.53. The SMILES string of the molecule is CC(C)(C)OC(=O)N[C@H](C(=O)N1C[C@H](OCN2CCc3ccccc3C2)C[C@H]1C(=O)O)C(C)(C)C. The van der Waals surface area contributed by atoms with E-state index < -0.39 is 47.2 Å². The number of nitrogens with zero attached hydrogens (tertiary/aromatic N) is 2. The molecule has 0 radical (unpaired) electrons. The van der Waals surface area contributed by atoms with Crippen LogP contribution in [0.25, 0.3) is 0 Å². The van der Waals surface area contributed by atoms with Crippen LogP contribution in [-0.4, -0.2) is 76.5 Å². The number of carbonyl (C=O) groups excluding carboxylic acids is 2. The molecule has 2 heterocycles. The zero-order chi connectivity index (χ0) is 26.0. The Bertz CT molecular complexity index is 936. The summed E-state index contributed by atoms with van der Waals surface area (Å²) >= 11 is 0. The minimum atomic E-state index is -1.08. The molecule has 2 amide bonds. The van der Waals surface area contributed by atoms with E-state index in [9.17, 15) is 19.5 Å². The molecule has 2 aliphatic rings. The Morgan fingerprint density at radius 1 is 1.11 bits per heavy atom. The van der Waals surface area contributed by atoms with E-state index in [1.165, 1.54) is 16.0 Å². The number of rotatable bonds is 6. The summed E-state index contributed by atoms with van der Waals surface area (Å²) in [6.07, 6.45) is 0.0275. The molecule has 0 unspecified atom stereocenters. The van der Waals surface area contributed by atoms with E-state index in [2.05, 4.69) is 22.3 Å². The summed E-state index contributed by atoms with van der Waals surface area (Å²) in [5.41, 5.74) is 1.24. The first-order valence-electron chi connectivity index (χ1n) is 12.2. The predicted octanol–water partition coefficient (Wildman–Crippen LogP) is 3.01. The van der Waals surface area contributed by atoms with E-state index in [4.69, 9.17) is 9.47 Å². The molecule has 0 aromatic heterocycles. The number of aliphatic carboxylic acids is 1. The van der Waals surface area contributed by atoms with Crippen LogP contribution in [0.1, 0.15) is 59.1 Å². The summed E-state index contributed by atoms with van der Waals surface area (Å²) < 4.78 is 11.4. The molecule has 0 bridgehead atoms. The number of hydrogen-bond acceptors (Lipinski definition) is 6. The second-order valence-corrected chi connectivity index (χ2v) is 11.5. The lowest BCUT2D eigenvalue weighted by Crippen LogP contribution is -2.57. The number of benzene rings is 1. The molecule has 35 heavy (non-hydrogen) atoms. The molecular weight excluding hydrogens is 450 g/mol. The fourth-order valence-corrected chi connectivity index (χ4v) is 4.51. The Morgan fingerprint density at radius 2 is 1.77 bits per heavy atom. The highest BCUT2D eigenvalue weighted by Gasteiger charge is 2.45. The largest absolute Gasteiger partial charge is 0.480 e. The standard InChI is InChI=1S/C26H39N3O6/c1-25(2,3)21(27-24(33)35-26(4,5)6)22(30)29-15-19(13-20(29)23(31)32)34-16-28-12-11-17-9-7-8-10-18(17)14-28/h7-10,19-21H,11-16H2,1-6H3,(H,27,33)(H,31,32)/t19-,20+,21-/m1/s1. The summed E-state index contributed by atoms with van der Waals surface area (Å²) in [6.45, 7) is 12.8. The molecule has 0 spiro atoms. The van der Waals surface area contributed by atoms with Gasteiger partial charge in [-0.15, -0.1) is 0 Å². The van der Waals surface area contributed by atoms with Crippen LogP contribution < -0.4 is 5.32 Å². The van der Waals surface area contributed by atoms with Crippen LogP contribution >= 0.6 is 0 Å². The smallest absolute Gasteiger partial charge is 0.408 e. The molecule has 1 saturated heterocycles. The molecule has 3 rings (SSSR count). The number of likely N-dealkylation sites (tertiary alicyclic amines) is 1. The van der Waals surface area contributed by atoms with Gasteiger partial charge in [-0.25, -0.2) is 9.59 Å². The number of amides is 2. The number of fused-ring (bicyclic) bond motifs is 1. The quantitative estimate of drug-likeness (QED) is 0.632. The predicted molar refractivity (Wildman–Crippen MR) is 131 cm³/mol. The number of carbonyl (C=O) groups is 3. The highest BCUT2D eigenvalue weighted by molar-refractivity contribution is 5.90. The van der Waals surface area contributed by atoms with Crippen LogP contribution in [0.5, 0.6) is 0 Å². The molecule has 194 valence electrons. The van der Waals surface area contributed by atoms with Crippen molar-refractivity contribution in [2.24, 2.45) is 5.41 Å². The van der Waals surface area contributed by atoms with Crippen molar-refractivity contribution >= 4 is 18.0 Å². The zero-order valence-electron chi connectivity index (χ0n) is 21.7. The molecular formula is C26H39N3O6. The Balaban J connectivity index is 1.65. The van der Waals surface area contributed by atoms with Crippen molar-refractivity contribution in [1.29, 1.82) is 0 Å². The molecule has 2 N–H and O–H groups in total. The third kappa shape index (κ3) is 7.18. The lowest BCUT2D eigenvalue weighted by Gasteiger charge is -2.35. The minimum Gasteiger partial charge on any atom is -0.480 e. The van der Waals surface area contributed by atoms with Gasteiger partial charge in [0.25, 0.3) is 0 Å². The summed E-state index contributed by atoms with van der Waals surface area (Å²) in [6, 6.07) is 6.36. The fraction of sp³-hybridized carbons (Fsp3) is 0.654. The van der Waals surface area contributed by atoms with Gasteiger partial charge in [-0.05, 0) is 43.7 Å². The molecule has 2 aliphatic heterocycles. The molecule has 1 aromatic rings. The van der Waals surface area contributed by atoms with Crippen LogP contribution in [0.15, 0.2) is 24.3 Å². The lowest BCUT2D eigenvalue weighted by molar-refractivity contribution is -0.150. The molecule has 1 fully saturated rings. The Labute approximate surface area is 207 Å². The number of hydrogen-bond donors (Lipinski definition) is 2. The Kier molecular flexibility index (Phi) is 8.11. The third-order valence-electron chi connectivity index (χ3n) is 6.31. The van der Waals surface area contributed by atoms with Crippen LogP contribution in [0.2, 0.25) is 0 Å². The molecule has 0 saturated carbocycles. The van der Waals surface area contributed by atoms with Crippen molar-refractivity contribution < 1.29 is 29.0 Å². The van der Waals surface area contributed by atoms with Crippen LogP contribution in [0, 0.1) is 5.41 Å². The molecule has 9 heteroatoms. The van der Waals surface area contributed by atoms with E-state index in [1.807, 2.05) is 32.9 Å². The number of ether oxygens (including phenoxy) is 2. The van der Waals surface area contributed by atoms with E-state index in [-0.39, 0.29) is 13.0 Å². The first-order valence-corrected chi connectivity index (χ1v) is 12.2. The van der Waals surface area contributed by atoms with Crippen LogP contribution in [-0.2, 0) is 32.0 Å². The van der Waals surface area contributed by atoms with Gasteiger partial charge in [0.15, 0.2) is 0 Å². The minimum absolute atomic E-state index is 0.156. The average molecular weight is 490 g/mol. The van der Waals surface area contributed by atoms with Crippen molar-refractivity contribution in [1.82, 2.24) is 15.1 Å². The van der Waals surface area contributed by atoms with Gasteiger partial charge in [-0.2, -0.15) is 0 Å². The summed E-state index contributed by atoms with van der Waals surface area (Å²) in [5, 5.41) is 12.5. The van der Waals surface area contributed by atoms with Crippen molar-refractivity contribution in [3.05, 3.63) is 35.4 Å². The van der Waals surface area contributed by atoms with Crippen LogP contribution in [0.3, 0.4) is 0 Å². The van der Waals surface area contributed by atoms with Gasteiger partial charge in [0.2, 0.25) is 5.91 Å². The van der Waals surface area contributed by atoms with E-state index >= 15 is 0 Å². The highest BCUT2D eigenvalue weighted by atomic mass is 16.6. The van der Waals surface area contributed by atoms with E-state index in [0.29, 0.717) is 6.73 Å². The summed E-state index contributed by atoms with van der Waals surface area (Å²) in [7, 11) is 0. The van der Waals surface area contributed by atoms with Gasteiger partial charge in [0.05, 0.1) is 12.8 Å². The van der Waals surface area contributed by atoms with Gasteiger partial charge in [-0.1, -0.05) is 45.0 Å². The monoisotopic (exact) mass is 489 g/mol. The second kappa shape index (κ2) is 10.5. The third-order valence-corrected chi connectivity index (χ3v) is 6.31. The molecule has 1 aromatic carbocycles. The average Bonchev–Trinajstić information content (AvgIpc) is 3.18. The van der Waals surface area contributed by atoms with Crippen molar-refractivity contribution in [2.45, 2.75) is 84.7 Å². The van der Waals surface area contributed by atoms with Gasteiger partial charge in [0.1, 0.15) is 17.7 Å². The van der Waals surface area contributed by atoms with Gasteiger partial charge < -0.3 is 24.8 Å². The zero-order valence-corrected chi connectivity index (χ0v) is 21.7. The highest BCUT2D eigenvalue weighted by Crippen LogP contribution is 2.28. The Hall–Kier alpha value is -2.65. The number of carboxylic acids is 1. The number of nitrogens with one attached hydrogen (secondary N) is 1. The van der Waals surface area contributed by atoms with E-state index in [0.717, 1.165) is 19.5 Å². The fourth-order valence-electron chi connectivity index (χ4n) is 4.51. The summed E-state index contributed by atoms with van der Waals surface area (Å²) in [4.78, 5) is 41.5. The maximum Gasteiger partial charge on any atom is 0.408 e. The maximum atomic E-state index is 13.5. The number of carboxylic acid groups (broad SMARTS) is 1. The van der Waals surface area contributed by atoms with Crippen molar-refractivity contribution in [3.8, 4) is 0 Å². The molecule has 0 aliphatic carbocycles. The van der Waals surface area contributed by atoms with Gasteiger partial charge in [-0.3, -0.25) is 9.69 Å². The van der Waals surface area contributed by atoms with Crippen molar-refractivity contribution in [3.63, 3.8) is 0 Å². The van der Waals surface area contributed by atoms with Gasteiger partial charge in [0, 0.05) is 26.1 Å². The Morgan fingerprint density at radius 3 is 2.37 bits per heavy atom. The normalized spacial score (nSPS) is 21.8. The van der Waals surface area contributed by atoms with Crippen molar-refractivity contribution in [2.75, 3.05) is 19.8 Å². The van der Waals surface area contributed by atoms with Crippen LogP contribution in [0.4, 0.5) is 4.79 Å². The maximum absolute atomic E-state index is 13.5. The topological polar surface area (TPSA) is 108 Å². The van der Waals surface area contributed by atoms with E-state index in [1.54, 1.807) is 20.8 Å². The first-order chi connectivity index (χ1) is 16.2.